The maximum absolute atomic E-state index is 14.8. The summed E-state index contributed by atoms with van der Waals surface area (Å²) in [5.41, 5.74) is 3.16. The summed E-state index contributed by atoms with van der Waals surface area (Å²) >= 11 is 0. The Morgan fingerprint density at radius 1 is 1.19 bits per heavy atom. The first-order valence-corrected chi connectivity index (χ1v) is 8.60. The van der Waals surface area contributed by atoms with Gasteiger partial charge in [-0.25, -0.2) is 8.96 Å². The van der Waals surface area contributed by atoms with Crippen molar-refractivity contribution in [2.24, 2.45) is 7.05 Å². The molecule has 0 atom stereocenters. The van der Waals surface area contributed by atoms with Crippen molar-refractivity contribution >= 4 is 0 Å². The van der Waals surface area contributed by atoms with Crippen LogP contribution in [0.3, 0.4) is 0 Å². The lowest BCUT2D eigenvalue weighted by atomic mass is 9.96. The molecule has 0 N–H and O–H groups in total. The molecular formula is C21H25FN3O+. The number of aryl methyl sites for hydroxylation is 3. The summed E-state index contributed by atoms with van der Waals surface area (Å²) in [6, 6.07) is 5.90. The Morgan fingerprint density at radius 3 is 2.42 bits per heavy atom. The molecular weight excluding hydrogens is 329 g/mol. The van der Waals surface area contributed by atoms with Gasteiger partial charge in [0.2, 0.25) is 0 Å². The normalized spacial score (nSPS) is 11.7. The van der Waals surface area contributed by atoms with Crippen molar-refractivity contribution < 1.29 is 13.7 Å². The highest BCUT2D eigenvalue weighted by molar-refractivity contribution is 5.63. The number of hydrogen-bond donors (Lipinski definition) is 0. The number of aromatic nitrogens is 3. The molecule has 0 fully saturated rings. The largest absolute Gasteiger partial charge is 0.497 e. The fourth-order valence-corrected chi connectivity index (χ4v) is 3.46. The van der Waals surface area contributed by atoms with Crippen molar-refractivity contribution in [1.82, 2.24) is 9.55 Å². The van der Waals surface area contributed by atoms with E-state index >= 15 is 0 Å². The molecule has 0 aliphatic heterocycles. The summed E-state index contributed by atoms with van der Waals surface area (Å²) in [5, 5.41) is 0. The minimum Gasteiger partial charge on any atom is -0.497 e. The average Bonchev–Trinajstić information content (AvgIpc) is 2.94. The van der Waals surface area contributed by atoms with Crippen molar-refractivity contribution in [3.05, 3.63) is 59.7 Å². The van der Waals surface area contributed by atoms with Gasteiger partial charge in [0, 0.05) is 29.1 Å². The van der Waals surface area contributed by atoms with Crippen LogP contribution in [0.2, 0.25) is 0 Å². The average molecular weight is 354 g/mol. The van der Waals surface area contributed by atoms with Crippen molar-refractivity contribution in [2.45, 2.75) is 33.4 Å². The molecule has 136 valence electrons. The molecule has 0 bridgehead atoms. The first-order valence-electron chi connectivity index (χ1n) is 8.60. The highest BCUT2D eigenvalue weighted by atomic mass is 19.1. The maximum Gasteiger partial charge on any atom is 0.294 e. The fraction of sp³-hybridized carbons (Fsp3) is 0.333. The summed E-state index contributed by atoms with van der Waals surface area (Å²) in [4.78, 5) is 4.14. The molecule has 0 unspecified atom stereocenters. The molecule has 0 spiro atoms. The van der Waals surface area contributed by atoms with Crippen LogP contribution in [0.25, 0.3) is 17.1 Å². The molecule has 0 amide bonds. The van der Waals surface area contributed by atoms with Gasteiger partial charge < -0.3 is 4.74 Å². The number of ether oxygens (including phenoxy) is 1. The quantitative estimate of drug-likeness (QED) is 0.658. The number of halogens is 1. The van der Waals surface area contributed by atoms with E-state index in [1.807, 2.05) is 42.2 Å². The van der Waals surface area contributed by atoms with E-state index in [1.54, 1.807) is 33.4 Å². The molecule has 3 rings (SSSR count). The molecule has 3 aromatic rings. The van der Waals surface area contributed by atoms with E-state index < -0.39 is 5.67 Å². The summed E-state index contributed by atoms with van der Waals surface area (Å²) in [5.74, 6) is 1.74. The highest BCUT2D eigenvalue weighted by Crippen LogP contribution is 2.34. The second-order valence-electron chi connectivity index (χ2n) is 7.11. The Morgan fingerprint density at radius 2 is 1.85 bits per heavy atom. The zero-order chi connectivity index (χ0) is 19.1. The van der Waals surface area contributed by atoms with Crippen LogP contribution in [0.5, 0.6) is 5.75 Å². The van der Waals surface area contributed by atoms with Gasteiger partial charge in [-0.05, 0) is 45.9 Å². The standard InChI is InChI=1S/C21H25FN3O/c1-14-11-16(26-6)12-15(2)19(14)25-10-9-24(5)20(25)17-7-8-23-13-18(17)21(3,4)22/h7-13H,1-6H3/q+1. The Balaban J connectivity index is 2.29. The highest BCUT2D eigenvalue weighted by Gasteiger charge is 2.30. The summed E-state index contributed by atoms with van der Waals surface area (Å²) < 4.78 is 24.3. The molecule has 0 saturated heterocycles. The number of alkyl halides is 1. The van der Waals surface area contributed by atoms with E-state index in [-0.39, 0.29) is 0 Å². The second kappa shape index (κ2) is 6.56. The minimum absolute atomic E-state index is 0.569. The van der Waals surface area contributed by atoms with Crippen molar-refractivity contribution in [3.63, 3.8) is 0 Å². The minimum atomic E-state index is -1.49. The monoisotopic (exact) mass is 354 g/mol. The van der Waals surface area contributed by atoms with E-state index in [0.717, 1.165) is 34.0 Å². The number of hydrogen-bond acceptors (Lipinski definition) is 2. The zero-order valence-corrected chi connectivity index (χ0v) is 16.2. The van der Waals surface area contributed by atoms with Gasteiger partial charge in [-0.2, -0.15) is 4.57 Å². The van der Waals surface area contributed by atoms with Crippen molar-refractivity contribution in [3.8, 4) is 22.8 Å². The Labute approximate surface area is 153 Å². The summed E-state index contributed by atoms with van der Waals surface area (Å²) in [7, 11) is 3.64. The lowest BCUT2D eigenvalue weighted by Crippen LogP contribution is -2.30. The lowest BCUT2D eigenvalue weighted by Gasteiger charge is -2.18. The molecule has 2 aromatic heterocycles. The Kier molecular flexibility index (Phi) is 4.57. The number of rotatable bonds is 4. The van der Waals surface area contributed by atoms with Crippen LogP contribution in [0.15, 0.2) is 43.0 Å². The molecule has 4 nitrogen and oxygen atoms in total. The first-order chi connectivity index (χ1) is 12.2. The third-order valence-corrected chi connectivity index (χ3v) is 4.65. The Bertz CT molecular complexity index is 931. The van der Waals surface area contributed by atoms with E-state index in [9.17, 15) is 4.39 Å². The van der Waals surface area contributed by atoms with Gasteiger partial charge in [-0.3, -0.25) is 4.98 Å². The van der Waals surface area contributed by atoms with Crippen LogP contribution >= 0.6 is 0 Å². The van der Waals surface area contributed by atoms with Gasteiger partial charge in [0.25, 0.3) is 5.82 Å². The van der Waals surface area contributed by atoms with Crippen LogP contribution in [0, 0.1) is 13.8 Å². The third kappa shape index (κ3) is 3.09. The number of nitrogens with zero attached hydrogens (tertiary/aromatic N) is 3. The second-order valence-corrected chi connectivity index (χ2v) is 7.11. The van der Waals surface area contributed by atoms with E-state index in [4.69, 9.17) is 4.74 Å². The molecule has 2 heterocycles. The fourth-order valence-electron chi connectivity index (χ4n) is 3.46. The molecule has 26 heavy (non-hydrogen) atoms. The maximum atomic E-state index is 14.8. The van der Waals surface area contributed by atoms with Crippen LogP contribution in [0.1, 0.15) is 30.5 Å². The SMILES string of the molecule is COc1cc(C)c(-n2cc[n+](C)c2-c2ccncc2C(C)(C)F)c(C)c1. The van der Waals surface area contributed by atoms with Gasteiger partial charge in [0.1, 0.15) is 29.5 Å². The summed E-state index contributed by atoms with van der Waals surface area (Å²) in [6.07, 6.45) is 7.30. The van der Waals surface area contributed by atoms with Gasteiger partial charge in [0.15, 0.2) is 0 Å². The molecule has 5 heteroatoms. The molecule has 0 radical (unpaired) electrons. The smallest absolute Gasteiger partial charge is 0.294 e. The number of imidazole rings is 1. The van der Waals surface area contributed by atoms with Crippen LogP contribution in [-0.2, 0) is 12.7 Å². The predicted octanol–water partition coefficient (Wildman–Crippen LogP) is 4.19. The van der Waals surface area contributed by atoms with Crippen LogP contribution in [-0.4, -0.2) is 16.7 Å². The number of benzene rings is 1. The predicted molar refractivity (Wildman–Crippen MR) is 100 cm³/mol. The molecule has 0 aliphatic rings. The van der Waals surface area contributed by atoms with Crippen LogP contribution < -0.4 is 9.30 Å². The van der Waals surface area contributed by atoms with E-state index in [1.165, 1.54) is 0 Å². The molecule has 0 aliphatic carbocycles. The Hall–Kier alpha value is -2.69. The van der Waals surface area contributed by atoms with E-state index in [2.05, 4.69) is 23.4 Å². The lowest BCUT2D eigenvalue weighted by molar-refractivity contribution is -0.659. The molecule has 1 aromatic carbocycles. The van der Waals surface area contributed by atoms with Gasteiger partial charge in [0.05, 0.1) is 19.7 Å². The van der Waals surface area contributed by atoms with Gasteiger partial charge in [-0.15, -0.1) is 0 Å². The topological polar surface area (TPSA) is 30.9 Å². The summed E-state index contributed by atoms with van der Waals surface area (Å²) in [6.45, 7) is 7.23. The van der Waals surface area contributed by atoms with Crippen molar-refractivity contribution in [2.75, 3.05) is 7.11 Å². The number of methoxy groups -OCH3 is 1. The van der Waals surface area contributed by atoms with Crippen molar-refractivity contribution in [1.29, 1.82) is 0 Å². The van der Waals surface area contributed by atoms with Crippen LogP contribution in [0.4, 0.5) is 4.39 Å². The zero-order valence-electron chi connectivity index (χ0n) is 16.2. The van der Waals surface area contributed by atoms with Gasteiger partial charge >= 0.3 is 0 Å². The third-order valence-electron chi connectivity index (χ3n) is 4.65. The molecule has 0 saturated carbocycles. The first kappa shape index (κ1) is 18.1. The van der Waals surface area contributed by atoms with E-state index in [0.29, 0.717) is 5.56 Å². The van der Waals surface area contributed by atoms with Gasteiger partial charge in [-0.1, -0.05) is 0 Å². The number of pyridine rings is 1.